The largest absolute Gasteiger partial charge is 0.493 e. The third-order valence-corrected chi connectivity index (χ3v) is 3.09. The van der Waals surface area contributed by atoms with Crippen LogP contribution in [0.1, 0.15) is 15.9 Å². The highest BCUT2D eigenvalue weighted by molar-refractivity contribution is 6.34. The zero-order chi connectivity index (χ0) is 19.1. The number of nitrogens with one attached hydrogen (secondary N) is 1. The summed E-state index contributed by atoms with van der Waals surface area (Å²) in [4.78, 5) is 33.6. The van der Waals surface area contributed by atoms with E-state index in [0.29, 0.717) is 5.56 Å². The summed E-state index contributed by atoms with van der Waals surface area (Å²) in [5.41, 5.74) is 6.95. The summed E-state index contributed by atoms with van der Waals surface area (Å²) < 4.78 is 23.9. The fourth-order valence-electron chi connectivity index (χ4n) is 1.85. The van der Waals surface area contributed by atoms with Crippen LogP contribution in [0.3, 0.4) is 0 Å². The minimum absolute atomic E-state index is 0.0686. The van der Waals surface area contributed by atoms with Crippen molar-refractivity contribution in [2.24, 2.45) is 10.8 Å². The van der Waals surface area contributed by atoms with Gasteiger partial charge in [0.25, 0.3) is 0 Å². The van der Waals surface area contributed by atoms with Gasteiger partial charge < -0.3 is 15.2 Å². The predicted molar refractivity (Wildman–Crippen MR) is 89.3 cm³/mol. The maximum absolute atomic E-state index is 13.6. The number of primary amides is 1. The van der Waals surface area contributed by atoms with Crippen LogP contribution < -0.4 is 20.6 Å². The standard InChI is InChI=1S/C17H14FN3O5/c1-25-14-8-10(9-20-21-16(23)15(19)22)6-7-13(14)26-17(24)11-4-2-3-5-12(11)18/h2-9H,1H3,(H2,19,22)(H,21,23)/b20-9+. The molecular weight excluding hydrogens is 345 g/mol. The number of hydrogen-bond donors (Lipinski definition) is 2. The van der Waals surface area contributed by atoms with Crippen LogP contribution in [0.15, 0.2) is 47.6 Å². The molecule has 2 aromatic rings. The number of nitrogens with zero attached hydrogens (tertiary/aromatic N) is 1. The lowest BCUT2D eigenvalue weighted by Crippen LogP contribution is -2.32. The van der Waals surface area contributed by atoms with E-state index in [4.69, 9.17) is 15.2 Å². The monoisotopic (exact) mass is 359 g/mol. The summed E-state index contributed by atoms with van der Waals surface area (Å²) in [5, 5.41) is 3.55. The number of hydrazone groups is 1. The van der Waals surface area contributed by atoms with E-state index in [-0.39, 0.29) is 17.1 Å². The maximum Gasteiger partial charge on any atom is 0.346 e. The van der Waals surface area contributed by atoms with Gasteiger partial charge in [0.2, 0.25) is 0 Å². The van der Waals surface area contributed by atoms with Crippen molar-refractivity contribution in [3.8, 4) is 11.5 Å². The lowest BCUT2D eigenvalue weighted by Gasteiger charge is -2.10. The Balaban J connectivity index is 2.14. The molecule has 0 unspecified atom stereocenters. The van der Waals surface area contributed by atoms with E-state index >= 15 is 0 Å². The van der Waals surface area contributed by atoms with Gasteiger partial charge in [-0.2, -0.15) is 5.10 Å². The van der Waals surface area contributed by atoms with Crippen molar-refractivity contribution in [1.82, 2.24) is 5.43 Å². The summed E-state index contributed by atoms with van der Waals surface area (Å²) in [5.74, 6) is -3.57. The highest BCUT2D eigenvalue weighted by Crippen LogP contribution is 2.28. The molecule has 0 aliphatic rings. The van der Waals surface area contributed by atoms with Gasteiger partial charge in [0, 0.05) is 0 Å². The first kappa shape index (κ1) is 18.6. The molecule has 0 fully saturated rings. The number of amides is 2. The van der Waals surface area contributed by atoms with Crippen molar-refractivity contribution in [2.75, 3.05) is 7.11 Å². The molecule has 0 aromatic heterocycles. The zero-order valence-corrected chi connectivity index (χ0v) is 13.6. The number of rotatable bonds is 5. The number of halogens is 1. The molecule has 0 heterocycles. The Kier molecular flexibility index (Phi) is 5.99. The molecule has 0 aliphatic heterocycles. The summed E-state index contributed by atoms with van der Waals surface area (Å²) in [7, 11) is 1.35. The molecule has 2 aromatic carbocycles. The summed E-state index contributed by atoms with van der Waals surface area (Å²) >= 11 is 0. The number of nitrogens with two attached hydrogens (primary N) is 1. The van der Waals surface area contributed by atoms with E-state index < -0.39 is 23.6 Å². The Morgan fingerprint density at radius 1 is 1.15 bits per heavy atom. The molecule has 0 saturated carbocycles. The molecule has 9 heteroatoms. The molecule has 0 bridgehead atoms. The fraction of sp³-hybridized carbons (Fsp3) is 0.0588. The van der Waals surface area contributed by atoms with Gasteiger partial charge in [0.1, 0.15) is 5.82 Å². The van der Waals surface area contributed by atoms with Crippen molar-refractivity contribution in [1.29, 1.82) is 0 Å². The molecule has 2 amide bonds. The topological polar surface area (TPSA) is 120 Å². The third kappa shape index (κ3) is 4.63. The van der Waals surface area contributed by atoms with Crippen molar-refractivity contribution in [3.63, 3.8) is 0 Å². The van der Waals surface area contributed by atoms with Crippen molar-refractivity contribution in [3.05, 3.63) is 59.4 Å². The van der Waals surface area contributed by atoms with E-state index in [1.54, 1.807) is 0 Å². The van der Waals surface area contributed by atoms with Crippen LogP contribution in [0, 0.1) is 5.82 Å². The Morgan fingerprint density at radius 3 is 2.54 bits per heavy atom. The average Bonchev–Trinajstić information content (AvgIpc) is 2.62. The van der Waals surface area contributed by atoms with Crippen LogP contribution in [-0.4, -0.2) is 31.1 Å². The lowest BCUT2D eigenvalue weighted by molar-refractivity contribution is -0.137. The first-order chi connectivity index (χ1) is 12.4. The van der Waals surface area contributed by atoms with E-state index in [2.05, 4.69) is 5.10 Å². The Hall–Kier alpha value is -3.75. The van der Waals surface area contributed by atoms with Crippen LogP contribution in [0.4, 0.5) is 4.39 Å². The number of carbonyl (C=O) groups excluding carboxylic acids is 3. The molecule has 134 valence electrons. The van der Waals surface area contributed by atoms with Crippen LogP contribution >= 0.6 is 0 Å². The quantitative estimate of drug-likeness (QED) is 0.271. The minimum atomic E-state index is -1.17. The molecule has 0 spiro atoms. The zero-order valence-electron chi connectivity index (χ0n) is 13.6. The SMILES string of the molecule is COc1cc(/C=N/NC(=O)C(N)=O)ccc1OC(=O)c1ccccc1F. The van der Waals surface area contributed by atoms with Crippen LogP contribution in [0.2, 0.25) is 0 Å². The average molecular weight is 359 g/mol. The smallest absolute Gasteiger partial charge is 0.346 e. The van der Waals surface area contributed by atoms with E-state index in [1.807, 2.05) is 5.43 Å². The van der Waals surface area contributed by atoms with Crippen LogP contribution in [-0.2, 0) is 9.59 Å². The minimum Gasteiger partial charge on any atom is -0.493 e. The number of ether oxygens (including phenoxy) is 2. The highest BCUT2D eigenvalue weighted by atomic mass is 19.1. The molecule has 0 atom stereocenters. The van der Waals surface area contributed by atoms with Gasteiger partial charge in [-0.15, -0.1) is 0 Å². The fourth-order valence-corrected chi connectivity index (χ4v) is 1.85. The van der Waals surface area contributed by atoms with Gasteiger partial charge >= 0.3 is 17.8 Å². The lowest BCUT2D eigenvalue weighted by atomic mass is 10.2. The summed E-state index contributed by atoms with van der Waals surface area (Å²) in [6.07, 6.45) is 1.23. The third-order valence-electron chi connectivity index (χ3n) is 3.09. The molecule has 0 saturated heterocycles. The molecule has 26 heavy (non-hydrogen) atoms. The number of hydrogen-bond acceptors (Lipinski definition) is 6. The Morgan fingerprint density at radius 2 is 1.88 bits per heavy atom. The molecule has 8 nitrogen and oxygen atoms in total. The molecule has 0 aliphatic carbocycles. The summed E-state index contributed by atoms with van der Waals surface area (Å²) in [6, 6.07) is 9.79. The number of methoxy groups -OCH3 is 1. The molecular formula is C17H14FN3O5. The van der Waals surface area contributed by atoms with Crippen LogP contribution in [0.25, 0.3) is 0 Å². The highest BCUT2D eigenvalue weighted by Gasteiger charge is 2.16. The van der Waals surface area contributed by atoms with Gasteiger partial charge in [-0.1, -0.05) is 12.1 Å². The van der Waals surface area contributed by atoms with Crippen molar-refractivity contribution in [2.45, 2.75) is 0 Å². The van der Waals surface area contributed by atoms with Gasteiger partial charge in [-0.05, 0) is 35.9 Å². The summed E-state index contributed by atoms with van der Waals surface area (Å²) in [6.45, 7) is 0. The Bertz CT molecular complexity index is 882. The maximum atomic E-state index is 13.6. The van der Waals surface area contributed by atoms with E-state index in [1.165, 1.54) is 49.7 Å². The van der Waals surface area contributed by atoms with Gasteiger partial charge in [0.05, 0.1) is 18.9 Å². The van der Waals surface area contributed by atoms with Gasteiger partial charge in [-0.3, -0.25) is 9.59 Å². The van der Waals surface area contributed by atoms with Gasteiger partial charge in [-0.25, -0.2) is 14.6 Å². The second-order valence-electron chi connectivity index (χ2n) is 4.84. The van der Waals surface area contributed by atoms with Gasteiger partial charge in [0.15, 0.2) is 11.5 Å². The Labute approximate surface area is 147 Å². The normalized spacial score (nSPS) is 10.4. The predicted octanol–water partition coefficient (Wildman–Crippen LogP) is 0.989. The molecule has 2 rings (SSSR count). The van der Waals surface area contributed by atoms with Crippen molar-refractivity contribution < 1.29 is 28.2 Å². The van der Waals surface area contributed by atoms with E-state index in [0.717, 1.165) is 6.07 Å². The molecule has 0 radical (unpaired) electrons. The van der Waals surface area contributed by atoms with Crippen molar-refractivity contribution >= 4 is 24.0 Å². The number of esters is 1. The molecule has 3 N–H and O–H groups in total. The first-order valence-corrected chi connectivity index (χ1v) is 7.20. The first-order valence-electron chi connectivity index (χ1n) is 7.20. The number of carbonyl (C=O) groups is 3. The van der Waals surface area contributed by atoms with E-state index in [9.17, 15) is 18.8 Å². The number of benzene rings is 2. The van der Waals surface area contributed by atoms with Crippen LogP contribution in [0.5, 0.6) is 11.5 Å². The second-order valence-corrected chi connectivity index (χ2v) is 4.84. The second kappa shape index (κ2) is 8.38.